The predicted octanol–water partition coefficient (Wildman–Crippen LogP) is 0.778. The second kappa shape index (κ2) is 6.74. The summed E-state index contributed by atoms with van der Waals surface area (Å²) in [6.07, 6.45) is 1.76. The Hall–Kier alpha value is -1.85. The lowest BCUT2D eigenvalue weighted by atomic mass is 10.3. The lowest BCUT2D eigenvalue weighted by molar-refractivity contribution is -0.127. The molecule has 2 atom stereocenters. The molecule has 1 heterocycles. The van der Waals surface area contributed by atoms with Gasteiger partial charge in [0.2, 0.25) is 11.8 Å². The maximum absolute atomic E-state index is 11.6. The van der Waals surface area contributed by atoms with Gasteiger partial charge < -0.3 is 10.6 Å². The fraction of sp³-hybridized carbons (Fsp3) is 0.667. The molecule has 2 amide bonds. The van der Waals surface area contributed by atoms with Gasteiger partial charge in [0, 0.05) is 24.7 Å². The minimum absolute atomic E-state index is 0.000270. The first kappa shape index (κ1) is 15.5. The lowest BCUT2D eigenvalue weighted by Gasteiger charge is -2.07. The fourth-order valence-electron chi connectivity index (χ4n) is 2.41. The maximum atomic E-state index is 11.6. The summed E-state index contributed by atoms with van der Waals surface area (Å²) in [7, 11) is 0. The molecule has 116 valence electrons. The Labute approximate surface area is 125 Å². The third kappa shape index (κ3) is 4.58. The largest absolute Gasteiger partial charge is 0.355 e. The zero-order chi connectivity index (χ0) is 15.4. The number of carbonyl (C=O) groups is 2. The molecule has 0 bridgehead atoms. The number of rotatable bonds is 7. The Morgan fingerprint density at radius 3 is 2.67 bits per heavy atom. The number of amides is 2. The summed E-state index contributed by atoms with van der Waals surface area (Å²) in [5.41, 5.74) is 2.14. The first-order valence-corrected chi connectivity index (χ1v) is 7.53. The summed E-state index contributed by atoms with van der Waals surface area (Å²) < 4.78 is 1.94. The van der Waals surface area contributed by atoms with Crippen LogP contribution in [-0.2, 0) is 16.1 Å². The van der Waals surface area contributed by atoms with Crippen LogP contribution in [0.15, 0.2) is 6.07 Å². The minimum atomic E-state index is -0.134. The van der Waals surface area contributed by atoms with Crippen LogP contribution in [0.2, 0.25) is 0 Å². The third-order valence-corrected chi connectivity index (χ3v) is 3.84. The van der Waals surface area contributed by atoms with E-state index in [9.17, 15) is 9.59 Å². The SMILES string of the molecule is Cc1cc(C)n(CCCNC(=O)CNC(=O)[C@H]2C[C@@H]2C)n1. The van der Waals surface area contributed by atoms with E-state index in [0.717, 1.165) is 30.8 Å². The van der Waals surface area contributed by atoms with Gasteiger partial charge in [0.05, 0.1) is 12.2 Å². The van der Waals surface area contributed by atoms with Crippen molar-refractivity contribution in [3.05, 3.63) is 17.5 Å². The molecular formula is C15H24N4O2. The normalized spacial score (nSPS) is 20.1. The summed E-state index contributed by atoms with van der Waals surface area (Å²) in [6.45, 7) is 7.48. The van der Waals surface area contributed by atoms with Gasteiger partial charge in [-0.25, -0.2) is 0 Å². The Morgan fingerprint density at radius 2 is 2.10 bits per heavy atom. The smallest absolute Gasteiger partial charge is 0.239 e. The number of nitrogens with one attached hydrogen (secondary N) is 2. The van der Waals surface area contributed by atoms with E-state index < -0.39 is 0 Å². The first-order valence-electron chi connectivity index (χ1n) is 7.53. The summed E-state index contributed by atoms with van der Waals surface area (Å²) in [5, 5.41) is 9.85. The molecule has 0 unspecified atom stereocenters. The molecule has 1 aliphatic rings. The van der Waals surface area contributed by atoms with Crippen molar-refractivity contribution in [2.45, 2.75) is 40.2 Å². The summed E-state index contributed by atoms with van der Waals surface area (Å²) in [5.74, 6) is 0.447. The van der Waals surface area contributed by atoms with Crippen LogP contribution >= 0.6 is 0 Å². The molecular weight excluding hydrogens is 268 g/mol. The summed E-state index contributed by atoms with van der Waals surface area (Å²) in [6, 6.07) is 2.03. The number of nitrogens with zero attached hydrogens (tertiary/aromatic N) is 2. The van der Waals surface area contributed by atoms with Crippen molar-refractivity contribution < 1.29 is 9.59 Å². The molecule has 21 heavy (non-hydrogen) atoms. The van der Waals surface area contributed by atoms with Crippen LogP contribution in [-0.4, -0.2) is 34.7 Å². The number of aryl methyl sites for hydroxylation is 3. The number of carbonyl (C=O) groups excluding carboxylic acids is 2. The Balaban J connectivity index is 1.57. The maximum Gasteiger partial charge on any atom is 0.239 e. The van der Waals surface area contributed by atoms with E-state index in [2.05, 4.69) is 15.7 Å². The highest BCUT2D eigenvalue weighted by molar-refractivity contribution is 5.87. The molecule has 2 rings (SSSR count). The minimum Gasteiger partial charge on any atom is -0.355 e. The van der Waals surface area contributed by atoms with Crippen LogP contribution in [0.25, 0.3) is 0 Å². The van der Waals surface area contributed by atoms with Gasteiger partial charge in [-0.05, 0) is 38.7 Å². The summed E-state index contributed by atoms with van der Waals surface area (Å²) >= 11 is 0. The molecule has 0 radical (unpaired) electrons. The highest BCUT2D eigenvalue weighted by atomic mass is 16.2. The molecule has 0 aliphatic heterocycles. The van der Waals surface area contributed by atoms with Crippen LogP contribution in [0.4, 0.5) is 0 Å². The molecule has 0 saturated heterocycles. The first-order chi connectivity index (χ1) is 9.97. The van der Waals surface area contributed by atoms with Crippen LogP contribution in [0.5, 0.6) is 0 Å². The topological polar surface area (TPSA) is 76.0 Å². The van der Waals surface area contributed by atoms with Crippen LogP contribution < -0.4 is 10.6 Å². The van der Waals surface area contributed by atoms with Crippen LogP contribution in [0, 0.1) is 25.7 Å². The van der Waals surface area contributed by atoms with E-state index in [1.165, 1.54) is 0 Å². The molecule has 6 nitrogen and oxygen atoms in total. The van der Waals surface area contributed by atoms with E-state index in [0.29, 0.717) is 12.5 Å². The van der Waals surface area contributed by atoms with Gasteiger partial charge in [-0.3, -0.25) is 14.3 Å². The number of hydrogen-bond donors (Lipinski definition) is 2. The van der Waals surface area contributed by atoms with E-state index in [4.69, 9.17) is 0 Å². The Bertz CT molecular complexity index is 524. The predicted molar refractivity (Wildman–Crippen MR) is 79.6 cm³/mol. The van der Waals surface area contributed by atoms with Crippen molar-refractivity contribution in [1.82, 2.24) is 20.4 Å². The van der Waals surface area contributed by atoms with Gasteiger partial charge in [0.15, 0.2) is 0 Å². The van der Waals surface area contributed by atoms with Crippen molar-refractivity contribution in [3.8, 4) is 0 Å². The standard InChI is InChI=1S/C15H24N4O2/c1-10-7-13(10)15(21)17-9-14(20)16-5-4-6-19-12(3)8-11(2)18-19/h8,10,13H,4-7,9H2,1-3H3,(H,16,20)(H,17,21)/t10-,13-/m0/s1. The molecule has 1 saturated carbocycles. The lowest BCUT2D eigenvalue weighted by Crippen LogP contribution is -2.38. The molecule has 0 spiro atoms. The van der Waals surface area contributed by atoms with Gasteiger partial charge in [-0.15, -0.1) is 0 Å². The second-order valence-electron chi connectivity index (χ2n) is 5.89. The quantitative estimate of drug-likeness (QED) is 0.729. The second-order valence-corrected chi connectivity index (χ2v) is 5.89. The highest BCUT2D eigenvalue weighted by Crippen LogP contribution is 2.37. The van der Waals surface area contributed by atoms with Gasteiger partial charge in [-0.1, -0.05) is 6.92 Å². The monoisotopic (exact) mass is 292 g/mol. The van der Waals surface area contributed by atoms with Gasteiger partial charge in [-0.2, -0.15) is 5.10 Å². The van der Waals surface area contributed by atoms with E-state index in [1.807, 2.05) is 31.5 Å². The van der Waals surface area contributed by atoms with Gasteiger partial charge in [0.1, 0.15) is 0 Å². The fourth-order valence-corrected chi connectivity index (χ4v) is 2.41. The zero-order valence-corrected chi connectivity index (χ0v) is 13.0. The number of aromatic nitrogens is 2. The van der Waals surface area contributed by atoms with Crippen LogP contribution in [0.3, 0.4) is 0 Å². The van der Waals surface area contributed by atoms with Gasteiger partial charge in [0.25, 0.3) is 0 Å². The van der Waals surface area contributed by atoms with E-state index >= 15 is 0 Å². The zero-order valence-electron chi connectivity index (χ0n) is 13.0. The summed E-state index contributed by atoms with van der Waals surface area (Å²) in [4.78, 5) is 23.2. The molecule has 1 fully saturated rings. The number of hydrogen-bond acceptors (Lipinski definition) is 3. The average molecular weight is 292 g/mol. The molecule has 1 aromatic heterocycles. The van der Waals surface area contributed by atoms with Crippen molar-refractivity contribution in [2.75, 3.05) is 13.1 Å². The molecule has 2 N–H and O–H groups in total. The van der Waals surface area contributed by atoms with E-state index in [1.54, 1.807) is 0 Å². The molecule has 6 heteroatoms. The molecule has 0 aromatic carbocycles. The van der Waals surface area contributed by atoms with Gasteiger partial charge >= 0.3 is 0 Å². The van der Waals surface area contributed by atoms with Crippen molar-refractivity contribution in [3.63, 3.8) is 0 Å². The van der Waals surface area contributed by atoms with Crippen molar-refractivity contribution in [1.29, 1.82) is 0 Å². The molecule has 1 aliphatic carbocycles. The third-order valence-electron chi connectivity index (χ3n) is 3.84. The van der Waals surface area contributed by atoms with Crippen molar-refractivity contribution in [2.24, 2.45) is 11.8 Å². The average Bonchev–Trinajstić information content (AvgIpc) is 3.07. The van der Waals surface area contributed by atoms with Crippen molar-refractivity contribution >= 4 is 11.8 Å². The Morgan fingerprint density at radius 1 is 1.38 bits per heavy atom. The Kier molecular flexibility index (Phi) is 4.98. The van der Waals surface area contributed by atoms with Crippen LogP contribution in [0.1, 0.15) is 31.2 Å². The highest BCUT2D eigenvalue weighted by Gasteiger charge is 2.38. The van der Waals surface area contributed by atoms with E-state index in [-0.39, 0.29) is 24.3 Å². The molecule has 1 aromatic rings.